The smallest absolute Gasteiger partial charge is 0.400 e. The third-order valence-corrected chi connectivity index (χ3v) is 6.84. The van der Waals surface area contributed by atoms with Gasteiger partial charge in [0.05, 0.1) is 22.2 Å². The molecule has 0 spiro atoms. The minimum Gasteiger partial charge on any atom is -0.400 e. The van der Waals surface area contributed by atoms with Crippen LogP contribution in [0.25, 0.3) is 0 Å². The van der Waals surface area contributed by atoms with E-state index < -0.39 is 12.2 Å². The first kappa shape index (κ1) is 34.5. The summed E-state index contributed by atoms with van der Waals surface area (Å²) in [6.07, 6.45) is 0. The molecule has 212 valence electrons. The molecule has 0 aliphatic heterocycles. The van der Waals surface area contributed by atoms with Crippen LogP contribution in [0.2, 0.25) is 0 Å². The summed E-state index contributed by atoms with van der Waals surface area (Å²) in [4.78, 5) is 8.25. The molecule has 0 unspecified atom stereocenters. The minimum atomic E-state index is -1.75. The van der Waals surface area contributed by atoms with E-state index >= 15 is 0 Å². The van der Waals surface area contributed by atoms with Crippen molar-refractivity contribution in [3.63, 3.8) is 0 Å². The van der Waals surface area contributed by atoms with Gasteiger partial charge in [0.2, 0.25) is 0 Å². The molecule has 39 heavy (non-hydrogen) atoms. The first-order valence-electron chi connectivity index (χ1n) is 13.8. The van der Waals surface area contributed by atoms with E-state index in [1.165, 1.54) is 17.1 Å². The largest absolute Gasteiger partial charge is 2.00 e. The van der Waals surface area contributed by atoms with E-state index in [4.69, 9.17) is 30.6 Å². The summed E-state index contributed by atoms with van der Waals surface area (Å²) in [5, 5.41) is 30.4. The van der Waals surface area contributed by atoms with Gasteiger partial charge in [-0.15, -0.1) is 0 Å². The third-order valence-electron chi connectivity index (χ3n) is 6.84. The fraction of sp³-hybridized carbons (Fsp3) is 0.667. The Morgan fingerprint density at radius 1 is 0.564 bits per heavy atom. The second-order valence-electron chi connectivity index (χ2n) is 12.1. The fourth-order valence-corrected chi connectivity index (χ4v) is 4.66. The van der Waals surface area contributed by atoms with Gasteiger partial charge < -0.3 is 29.1 Å². The second kappa shape index (κ2) is 14.2. The zero-order valence-electron chi connectivity index (χ0n) is 26.0. The number of nitrogens with zero attached hydrogens (tertiary/aromatic N) is 7. The Bertz CT molecular complexity index is 1070. The molecular formula is C27H46BN7O3Zn. The molecule has 0 radical (unpaired) electrons. The molecule has 3 aromatic heterocycles. The Kier molecular flexibility index (Phi) is 12.6. The van der Waals surface area contributed by atoms with E-state index in [9.17, 15) is 0 Å². The Hall–Kier alpha value is -2.48. The van der Waals surface area contributed by atoms with Gasteiger partial charge in [0.1, 0.15) is 0 Å². The van der Waals surface area contributed by atoms with Crippen molar-refractivity contribution in [3.05, 3.63) is 67.7 Å². The molecule has 0 bridgehead atoms. The first-order chi connectivity index (χ1) is 17.6. The van der Waals surface area contributed by atoms with E-state index in [1.54, 1.807) is 0 Å². The molecule has 12 heteroatoms. The van der Waals surface area contributed by atoms with Gasteiger partial charge in [0.15, 0.2) is 0 Å². The van der Waals surface area contributed by atoms with Crippen LogP contribution < -0.4 is 0 Å². The molecule has 0 aliphatic carbocycles. The van der Waals surface area contributed by atoms with Crippen LogP contribution >= 0.6 is 0 Å². The van der Waals surface area contributed by atoms with E-state index in [0.717, 1.165) is 17.1 Å². The van der Waals surface area contributed by atoms with Crippen LogP contribution in [0.5, 0.6) is 0 Å². The summed E-state index contributed by atoms with van der Waals surface area (Å²) < 4.78 is 6.81. The Morgan fingerprint density at radius 3 is 0.923 bits per heavy atom. The van der Waals surface area contributed by atoms with E-state index in [-0.39, 0.29) is 19.5 Å². The summed E-state index contributed by atoms with van der Waals surface area (Å²) in [5.74, 6) is 2.13. The zero-order valence-corrected chi connectivity index (χ0v) is 28.9. The summed E-state index contributed by atoms with van der Waals surface area (Å²) in [7, 11) is -1.46. The molecule has 0 saturated heterocycles. The van der Waals surface area contributed by atoms with Gasteiger partial charge in [-0.3, -0.25) is 0 Å². The van der Waals surface area contributed by atoms with Crippen molar-refractivity contribution in [1.29, 1.82) is 0 Å². The standard InChI is InChI=1S/C27H46BN6.NO3.Zn/c1-16(2)22-13-25(19(7)8)32(29-22)28(33-26(20(9)10)14-23(30-33)17(3)4)34-27(21(11)12)15-24(31-34)18(5)6;2-1(3)4;/h13-21,28H,1-12H3;;/q2*-1;+2. The molecule has 3 heterocycles. The normalized spacial score (nSPS) is 11.8. The van der Waals surface area contributed by atoms with Gasteiger partial charge in [-0.1, -0.05) is 83.1 Å². The van der Waals surface area contributed by atoms with Crippen molar-refractivity contribution in [2.24, 2.45) is 0 Å². The molecule has 0 amide bonds. The topological polar surface area (TPSA) is 120 Å². The maximum absolute atomic E-state index is 8.25. The summed E-state index contributed by atoms with van der Waals surface area (Å²) in [6, 6.07) is 6.87. The molecule has 0 aliphatic rings. The monoisotopic (exact) mass is 591 g/mol. The van der Waals surface area contributed by atoms with Crippen molar-refractivity contribution >= 4 is 7.12 Å². The van der Waals surface area contributed by atoms with Crippen LogP contribution in [0, 0.1) is 15.3 Å². The van der Waals surface area contributed by atoms with Gasteiger partial charge in [0, 0.05) is 17.1 Å². The molecule has 0 N–H and O–H groups in total. The average Bonchev–Trinajstić information content (AvgIpc) is 3.51. The third kappa shape index (κ3) is 8.26. The number of rotatable bonds is 9. The van der Waals surface area contributed by atoms with Crippen molar-refractivity contribution in [1.82, 2.24) is 29.1 Å². The Labute approximate surface area is 246 Å². The van der Waals surface area contributed by atoms with E-state index in [1.807, 2.05) is 0 Å². The molecule has 3 rings (SSSR count). The van der Waals surface area contributed by atoms with Crippen LogP contribution in [0.4, 0.5) is 0 Å². The van der Waals surface area contributed by atoms with Gasteiger partial charge in [-0.25, -0.2) is 15.3 Å². The summed E-state index contributed by atoms with van der Waals surface area (Å²) in [5.41, 5.74) is 7.13. The minimum absolute atomic E-state index is 0. The summed E-state index contributed by atoms with van der Waals surface area (Å²) >= 11 is 0. The predicted molar refractivity (Wildman–Crippen MR) is 155 cm³/mol. The fourth-order valence-electron chi connectivity index (χ4n) is 4.66. The average molecular weight is 593 g/mol. The van der Waals surface area contributed by atoms with Gasteiger partial charge in [0.25, 0.3) is 0 Å². The Morgan fingerprint density at radius 2 is 0.769 bits per heavy atom. The Balaban J connectivity index is 0.00000142. The predicted octanol–water partition coefficient (Wildman–Crippen LogP) is 6.44. The van der Waals surface area contributed by atoms with Crippen LogP contribution in [-0.4, -0.2) is 41.3 Å². The molecular weight excluding hydrogens is 547 g/mol. The van der Waals surface area contributed by atoms with Gasteiger partial charge >= 0.3 is 26.6 Å². The molecule has 3 aromatic rings. The maximum Gasteiger partial charge on any atom is 2.00 e. The molecule has 10 nitrogen and oxygen atoms in total. The van der Waals surface area contributed by atoms with Crippen LogP contribution in [0.3, 0.4) is 0 Å². The second-order valence-corrected chi connectivity index (χ2v) is 12.1. The molecule has 0 fully saturated rings. The molecule has 0 saturated carbocycles. The number of aromatic nitrogens is 6. The van der Waals surface area contributed by atoms with Gasteiger partial charge in [-0.05, 0) is 53.7 Å². The van der Waals surface area contributed by atoms with Crippen LogP contribution in [0.15, 0.2) is 18.2 Å². The molecule has 0 aromatic carbocycles. The van der Waals surface area contributed by atoms with Crippen molar-refractivity contribution in [3.8, 4) is 0 Å². The van der Waals surface area contributed by atoms with Crippen molar-refractivity contribution < 1.29 is 24.6 Å². The van der Waals surface area contributed by atoms with Crippen LogP contribution in [-0.2, 0) is 19.5 Å². The quantitative estimate of drug-likeness (QED) is 0.160. The maximum atomic E-state index is 8.25. The molecule has 0 atom stereocenters. The zero-order chi connectivity index (χ0) is 29.1. The van der Waals surface area contributed by atoms with E-state index in [2.05, 4.69) is 115 Å². The first-order valence-corrected chi connectivity index (χ1v) is 13.8. The van der Waals surface area contributed by atoms with Crippen molar-refractivity contribution in [2.45, 2.75) is 119 Å². The SMILES string of the molecule is CC(C)c1cc(C(C)C)n([BH-](n2nc(C(C)C)cc2C(C)C)n2nc(C(C)C)cc2C(C)C)n1.O=[N+]([O-])[O-].[Zn+2]. The van der Waals surface area contributed by atoms with E-state index in [0.29, 0.717) is 35.5 Å². The number of hydrogen-bond donors (Lipinski definition) is 0. The van der Waals surface area contributed by atoms with Crippen molar-refractivity contribution in [2.75, 3.05) is 0 Å². The van der Waals surface area contributed by atoms with Gasteiger partial charge in [-0.2, -0.15) is 0 Å². The summed E-state index contributed by atoms with van der Waals surface area (Å²) in [6.45, 7) is 26.8. The van der Waals surface area contributed by atoms with Crippen LogP contribution in [0.1, 0.15) is 153 Å². The number of hydrogen-bond acceptors (Lipinski definition) is 6.